The summed E-state index contributed by atoms with van der Waals surface area (Å²) in [7, 11) is 0. The minimum Gasteiger partial charge on any atom is -0.481 e. The van der Waals surface area contributed by atoms with Crippen molar-refractivity contribution in [3.8, 4) is 0 Å². The number of carbonyl (C=O) groups is 1. The first-order chi connectivity index (χ1) is 8.38. The summed E-state index contributed by atoms with van der Waals surface area (Å²) < 4.78 is 0. The smallest absolute Gasteiger partial charge is 0.306 e. The SMILES string of the molecule is CC(C)(C)c1csc(CC2CCCC2C(=O)O)n1. The number of thiazole rings is 1. The number of aromatic nitrogens is 1. The maximum Gasteiger partial charge on any atom is 0.306 e. The van der Waals surface area contributed by atoms with Crippen LogP contribution in [0.15, 0.2) is 5.38 Å². The summed E-state index contributed by atoms with van der Waals surface area (Å²) in [4.78, 5) is 15.8. The number of nitrogens with zero attached hydrogens (tertiary/aromatic N) is 1. The molecule has 1 heterocycles. The summed E-state index contributed by atoms with van der Waals surface area (Å²) in [6.07, 6.45) is 3.73. The Kier molecular flexibility index (Phi) is 3.76. The minimum absolute atomic E-state index is 0.0800. The highest BCUT2D eigenvalue weighted by molar-refractivity contribution is 7.09. The Morgan fingerprint density at radius 2 is 2.22 bits per heavy atom. The lowest BCUT2D eigenvalue weighted by molar-refractivity contribution is -0.142. The highest BCUT2D eigenvalue weighted by Gasteiger charge is 2.33. The van der Waals surface area contributed by atoms with Gasteiger partial charge in [0.25, 0.3) is 0 Å². The molecule has 1 aliphatic rings. The third-order valence-electron chi connectivity index (χ3n) is 3.73. The maximum atomic E-state index is 11.1. The second-order valence-electron chi connectivity index (χ2n) is 6.22. The van der Waals surface area contributed by atoms with Gasteiger partial charge in [0.2, 0.25) is 0 Å². The first kappa shape index (κ1) is 13.5. The Labute approximate surface area is 112 Å². The molecule has 2 rings (SSSR count). The Morgan fingerprint density at radius 3 is 2.78 bits per heavy atom. The summed E-state index contributed by atoms with van der Waals surface area (Å²) in [6.45, 7) is 6.46. The van der Waals surface area contributed by atoms with E-state index in [4.69, 9.17) is 0 Å². The highest BCUT2D eigenvalue weighted by atomic mass is 32.1. The van der Waals surface area contributed by atoms with Crippen molar-refractivity contribution in [2.45, 2.75) is 51.9 Å². The molecule has 0 bridgehead atoms. The molecule has 1 saturated carbocycles. The average Bonchev–Trinajstić information content (AvgIpc) is 2.85. The minimum atomic E-state index is -0.634. The monoisotopic (exact) mass is 267 g/mol. The predicted molar refractivity (Wildman–Crippen MR) is 73.0 cm³/mol. The molecule has 1 N–H and O–H groups in total. The van der Waals surface area contributed by atoms with Crippen LogP contribution in [0.3, 0.4) is 0 Å². The van der Waals surface area contributed by atoms with Crippen LogP contribution < -0.4 is 0 Å². The second kappa shape index (κ2) is 5.00. The molecule has 0 spiro atoms. The van der Waals surface area contributed by atoms with E-state index in [0.717, 1.165) is 36.4 Å². The van der Waals surface area contributed by atoms with Crippen molar-refractivity contribution in [1.82, 2.24) is 4.98 Å². The standard InChI is InChI=1S/C14H21NO2S/c1-14(2,3)11-8-18-12(15-11)7-9-5-4-6-10(9)13(16)17/h8-10H,4-7H2,1-3H3,(H,16,17). The van der Waals surface area contributed by atoms with E-state index in [1.54, 1.807) is 11.3 Å². The summed E-state index contributed by atoms with van der Waals surface area (Å²) in [5.41, 5.74) is 1.20. The largest absolute Gasteiger partial charge is 0.481 e. The zero-order valence-corrected chi connectivity index (χ0v) is 12.1. The van der Waals surface area contributed by atoms with Gasteiger partial charge in [-0.05, 0) is 18.8 Å². The molecule has 0 radical (unpaired) electrons. The van der Waals surface area contributed by atoms with Crippen LogP contribution in [-0.2, 0) is 16.6 Å². The van der Waals surface area contributed by atoms with Crippen LogP contribution >= 0.6 is 11.3 Å². The highest BCUT2D eigenvalue weighted by Crippen LogP contribution is 2.35. The second-order valence-corrected chi connectivity index (χ2v) is 7.16. The molecule has 0 amide bonds. The van der Waals surface area contributed by atoms with E-state index in [1.807, 2.05) is 0 Å². The zero-order valence-electron chi connectivity index (χ0n) is 11.3. The van der Waals surface area contributed by atoms with Crippen LogP contribution in [-0.4, -0.2) is 16.1 Å². The number of carboxylic acids is 1. The topological polar surface area (TPSA) is 50.2 Å². The third kappa shape index (κ3) is 2.91. The van der Waals surface area contributed by atoms with E-state index in [9.17, 15) is 9.90 Å². The molecule has 4 heteroatoms. The van der Waals surface area contributed by atoms with E-state index in [1.165, 1.54) is 0 Å². The van der Waals surface area contributed by atoms with Crippen molar-refractivity contribution in [2.75, 3.05) is 0 Å². The van der Waals surface area contributed by atoms with Crippen molar-refractivity contribution in [2.24, 2.45) is 11.8 Å². The van der Waals surface area contributed by atoms with Gasteiger partial charge in [0.15, 0.2) is 0 Å². The molecule has 2 unspecified atom stereocenters. The Bertz CT molecular complexity index is 433. The third-order valence-corrected chi connectivity index (χ3v) is 4.60. The van der Waals surface area contributed by atoms with Gasteiger partial charge in [-0.1, -0.05) is 27.2 Å². The fraction of sp³-hybridized carbons (Fsp3) is 0.714. The molecule has 100 valence electrons. The summed E-state index contributed by atoms with van der Waals surface area (Å²) in [5.74, 6) is -0.515. The lowest BCUT2D eigenvalue weighted by Crippen LogP contribution is -2.20. The van der Waals surface area contributed by atoms with Gasteiger partial charge in [-0.3, -0.25) is 4.79 Å². The molecule has 1 aromatic rings. The number of aliphatic carboxylic acids is 1. The van der Waals surface area contributed by atoms with Crippen molar-refractivity contribution < 1.29 is 9.90 Å². The van der Waals surface area contributed by atoms with Crippen molar-refractivity contribution in [1.29, 1.82) is 0 Å². The number of hydrogen-bond acceptors (Lipinski definition) is 3. The first-order valence-corrected chi connectivity index (χ1v) is 7.43. The quantitative estimate of drug-likeness (QED) is 0.912. The van der Waals surface area contributed by atoms with Gasteiger partial charge in [0.1, 0.15) is 0 Å². The number of hydrogen-bond donors (Lipinski definition) is 1. The van der Waals surface area contributed by atoms with Crippen molar-refractivity contribution >= 4 is 17.3 Å². The van der Waals surface area contributed by atoms with Gasteiger partial charge in [-0.25, -0.2) is 4.98 Å². The Hall–Kier alpha value is -0.900. The van der Waals surface area contributed by atoms with Crippen molar-refractivity contribution in [3.05, 3.63) is 16.1 Å². The van der Waals surface area contributed by atoms with E-state index in [2.05, 4.69) is 31.1 Å². The van der Waals surface area contributed by atoms with Gasteiger partial charge >= 0.3 is 5.97 Å². The molecule has 1 aliphatic carbocycles. The molecule has 1 fully saturated rings. The number of rotatable bonds is 3. The molecule has 0 aliphatic heterocycles. The van der Waals surface area contributed by atoms with E-state index in [-0.39, 0.29) is 17.3 Å². The van der Waals surface area contributed by atoms with E-state index in [0.29, 0.717) is 0 Å². The summed E-state index contributed by atoms with van der Waals surface area (Å²) in [6, 6.07) is 0. The summed E-state index contributed by atoms with van der Waals surface area (Å²) in [5, 5.41) is 12.4. The van der Waals surface area contributed by atoms with Crippen LogP contribution in [0.25, 0.3) is 0 Å². The molecule has 1 aromatic heterocycles. The molecule has 0 saturated heterocycles. The van der Waals surface area contributed by atoms with Crippen LogP contribution in [0.4, 0.5) is 0 Å². The lowest BCUT2D eigenvalue weighted by atomic mass is 9.92. The predicted octanol–water partition coefficient (Wildman–Crippen LogP) is 3.48. The fourth-order valence-corrected chi connectivity index (χ4v) is 3.69. The average molecular weight is 267 g/mol. The van der Waals surface area contributed by atoms with Crippen LogP contribution in [0.1, 0.15) is 50.7 Å². The molecule has 3 nitrogen and oxygen atoms in total. The van der Waals surface area contributed by atoms with E-state index >= 15 is 0 Å². The van der Waals surface area contributed by atoms with Gasteiger partial charge < -0.3 is 5.11 Å². The summed E-state index contributed by atoms with van der Waals surface area (Å²) >= 11 is 1.67. The van der Waals surface area contributed by atoms with Crippen LogP contribution in [0.2, 0.25) is 0 Å². The van der Waals surface area contributed by atoms with Gasteiger partial charge in [-0.2, -0.15) is 0 Å². The lowest BCUT2D eigenvalue weighted by Gasteiger charge is -2.15. The molecule has 2 atom stereocenters. The fourth-order valence-electron chi connectivity index (χ4n) is 2.58. The Morgan fingerprint density at radius 1 is 1.50 bits per heavy atom. The van der Waals surface area contributed by atoms with Crippen LogP contribution in [0, 0.1) is 11.8 Å². The molecular weight excluding hydrogens is 246 g/mol. The van der Waals surface area contributed by atoms with E-state index < -0.39 is 5.97 Å². The van der Waals surface area contributed by atoms with Gasteiger partial charge in [0, 0.05) is 17.2 Å². The normalized spacial score (nSPS) is 24.4. The molecule has 0 aromatic carbocycles. The maximum absolute atomic E-state index is 11.1. The molecular formula is C14H21NO2S. The Balaban J connectivity index is 2.05. The zero-order chi connectivity index (χ0) is 13.3. The van der Waals surface area contributed by atoms with Gasteiger partial charge in [-0.15, -0.1) is 11.3 Å². The number of carboxylic acid groups (broad SMARTS) is 1. The first-order valence-electron chi connectivity index (χ1n) is 6.55. The van der Waals surface area contributed by atoms with Crippen molar-refractivity contribution in [3.63, 3.8) is 0 Å². The molecule has 18 heavy (non-hydrogen) atoms. The van der Waals surface area contributed by atoms with Crippen LogP contribution in [0.5, 0.6) is 0 Å². The van der Waals surface area contributed by atoms with Gasteiger partial charge in [0.05, 0.1) is 16.6 Å².